The highest BCUT2D eigenvalue weighted by Gasteiger charge is 2.45. The molecule has 3 aromatic heterocycles. The Morgan fingerprint density at radius 3 is 2.35 bits per heavy atom. The van der Waals surface area contributed by atoms with Crippen molar-refractivity contribution in [1.29, 1.82) is 0 Å². The molecule has 0 unspecified atom stereocenters. The van der Waals surface area contributed by atoms with Gasteiger partial charge in [0.1, 0.15) is 0 Å². The van der Waals surface area contributed by atoms with Crippen molar-refractivity contribution in [1.82, 2.24) is 14.4 Å². The zero-order valence-corrected chi connectivity index (χ0v) is 16.8. The van der Waals surface area contributed by atoms with E-state index in [2.05, 4.69) is 70.0 Å². The minimum absolute atomic E-state index is 0.0165. The van der Waals surface area contributed by atoms with Gasteiger partial charge in [-0.25, -0.2) is 0 Å². The fourth-order valence-electron chi connectivity index (χ4n) is 4.77. The Morgan fingerprint density at radius 2 is 1.69 bits per heavy atom. The number of fused-ring (bicyclic) bond motifs is 5. The SMILES string of the molecule is CC(C)(C)c1ccc2c(ccn3c4c(c(=O)nc23)C(C)(C)CC4(C)C)n1. The molecular weight excluding hydrogens is 322 g/mol. The van der Waals surface area contributed by atoms with Crippen LogP contribution in [0, 0.1) is 0 Å². The molecule has 0 aliphatic heterocycles. The van der Waals surface area contributed by atoms with E-state index in [0.717, 1.165) is 34.3 Å². The first-order valence-electron chi connectivity index (χ1n) is 9.29. The van der Waals surface area contributed by atoms with E-state index in [1.165, 1.54) is 0 Å². The van der Waals surface area contributed by atoms with Crippen LogP contribution in [0.2, 0.25) is 0 Å². The Labute approximate surface area is 154 Å². The van der Waals surface area contributed by atoms with Crippen LogP contribution in [0.5, 0.6) is 0 Å². The van der Waals surface area contributed by atoms with Crippen molar-refractivity contribution >= 4 is 16.6 Å². The normalized spacial score (nSPS) is 18.4. The second kappa shape index (κ2) is 4.93. The number of rotatable bonds is 0. The van der Waals surface area contributed by atoms with Gasteiger partial charge in [0.05, 0.1) is 5.52 Å². The molecule has 0 bridgehead atoms. The highest BCUT2D eigenvalue weighted by Crippen LogP contribution is 2.47. The zero-order chi connectivity index (χ0) is 19.1. The van der Waals surface area contributed by atoms with Gasteiger partial charge in [0.2, 0.25) is 0 Å². The predicted octanol–water partition coefficient (Wildman–Crippen LogP) is 4.50. The molecule has 0 aromatic carbocycles. The minimum Gasteiger partial charge on any atom is -0.304 e. The third kappa shape index (κ3) is 2.31. The number of pyridine rings is 2. The molecule has 1 aliphatic rings. The average Bonchev–Trinajstić information content (AvgIpc) is 2.71. The van der Waals surface area contributed by atoms with Crippen molar-refractivity contribution in [2.24, 2.45) is 0 Å². The van der Waals surface area contributed by atoms with E-state index in [0.29, 0.717) is 5.65 Å². The highest BCUT2D eigenvalue weighted by atomic mass is 16.1. The molecule has 136 valence electrons. The van der Waals surface area contributed by atoms with Crippen molar-refractivity contribution in [3.8, 4) is 0 Å². The molecule has 0 saturated carbocycles. The topological polar surface area (TPSA) is 47.3 Å². The number of hydrogen-bond donors (Lipinski definition) is 0. The number of nitrogens with zero attached hydrogens (tertiary/aromatic N) is 3. The molecule has 0 radical (unpaired) electrons. The maximum atomic E-state index is 13.0. The van der Waals surface area contributed by atoms with Crippen molar-refractivity contribution in [3.05, 3.63) is 51.7 Å². The van der Waals surface area contributed by atoms with Gasteiger partial charge in [-0.05, 0) is 30.0 Å². The van der Waals surface area contributed by atoms with Crippen LogP contribution in [0.4, 0.5) is 0 Å². The smallest absolute Gasteiger partial charge is 0.277 e. The summed E-state index contributed by atoms with van der Waals surface area (Å²) in [7, 11) is 0. The van der Waals surface area contributed by atoms with E-state index < -0.39 is 0 Å². The number of hydrogen-bond acceptors (Lipinski definition) is 3. The Hall–Kier alpha value is -2.23. The summed E-state index contributed by atoms with van der Waals surface area (Å²) < 4.78 is 2.12. The van der Waals surface area contributed by atoms with Gasteiger partial charge < -0.3 is 4.40 Å². The van der Waals surface area contributed by atoms with E-state index in [1.807, 2.05) is 12.3 Å². The lowest BCUT2D eigenvalue weighted by Gasteiger charge is -2.23. The van der Waals surface area contributed by atoms with Crippen molar-refractivity contribution in [2.75, 3.05) is 0 Å². The Kier molecular flexibility index (Phi) is 3.26. The third-order valence-electron chi connectivity index (χ3n) is 5.64. The van der Waals surface area contributed by atoms with E-state index in [9.17, 15) is 4.79 Å². The quantitative estimate of drug-likeness (QED) is 0.562. The van der Waals surface area contributed by atoms with Gasteiger partial charge in [-0.15, -0.1) is 0 Å². The lowest BCUT2D eigenvalue weighted by Crippen LogP contribution is -2.26. The lowest BCUT2D eigenvalue weighted by molar-refractivity contribution is 0.397. The molecule has 0 N–H and O–H groups in total. The molecule has 3 heterocycles. The second-order valence-corrected chi connectivity index (χ2v) is 9.97. The van der Waals surface area contributed by atoms with E-state index in [1.54, 1.807) is 0 Å². The molecule has 1 aliphatic carbocycles. The summed E-state index contributed by atoms with van der Waals surface area (Å²) in [4.78, 5) is 22.3. The van der Waals surface area contributed by atoms with Crippen LogP contribution in [0.3, 0.4) is 0 Å². The van der Waals surface area contributed by atoms with E-state index in [-0.39, 0.29) is 21.8 Å². The van der Waals surface area contributed by atoms with Crippen LogP contribution in [0.25, 0.3) is 16.6 Å². The first kappa shape index (κ1) is 17.2. The minimum atomic E-state index is -0.159. The van der Waals surface area contributed by atoms with Crippen LogP contribution in [0.15, 0.2) is 29.2 Å². The predicted molar refractivity (Wildman–Crippen MR) is 106 cm³/mol. The molecule has 0 saturated heterocycles. The van der Waals surface area contributed by atoms with Gasteiger partial charge in [-0.1, -0.05) is 48.5 Å². The summed E-state index contributed by atoms with van der Waals surface area (Å²) in [5, 5.41) is 0.931. The van der Waals surface area contributed by atoms with Gasteiger partial charge in [-0.2, -0.15) is 4.98 Å². The van der Waals surface area contributed by atoms with Gasteiger partial charge in [0, 0.05) is 39.4 Å². The maximum Gasteiger partial charge on any atom is 0.277 e. The summed E-state index contributed by atoms with van der Waals surface area (Å²) in [6.45, 7) is 15.2. The third-order valence-corrected chi connectivity index (χ3v) is 5.64. The van der Waals surface area contributed by atoms with Crippen LogP contribution >= 0.6 is 0 Å². The van der Waals surface area contributed by atoms with Crippen molar-refractivity contribution < 1.29 is 0 Å². The van der Waals surface area contributed by atoms with E-state index in [4.69, 9.17) is 4.98 Å². The fraction of sp³-hybridized carbons (Fsp3) is 0.500. The average molecular weight is 349 g/mol. The monoisotopic (exact) mass is 349 g/mol. The van der Waals surface area contributed by atoms with Crippen LogP contribution < -0.4 is 5.56 Å². The fourth-order valence-corrected chi connectivity index (χ4v) is 4.77. The molecule has 4 nitrogen and oxygen atoms in total. The maximum absolute atomic E-state index is 13.0. The Morgan fingerprint density at radius 1 is 1.00 bits per heavy atom. The molecule has 26 heavy (non-hydrogen) atoms. The molecule has 0 amide bonds. The second-order valence-electron chi connectivity index (χ2n) is 9.97. The van der Waals surface area contributed by atoms with Crippen LogP contribution in [-0.4, -0.2) is 14.4 Å². The molecular formula is C22H27N3O. The van der Waals surface area contributed by atoms with Crippen LogP contribution in [0.1, 0.15) is 71.8 Å². The summed E-state index contributed by atoms with van der Waals surface area (Å²) in [6.07, 6.45) is 2.98. The summed E-state index contributed by atoms with van der Waals surface area (Å²) in [5.41, 5.74) is 4.26. The van der Waals surface area contributed by atoms with Gasteiger partial charge in [0.25, 0.3) is 5.56 Å². The van der Waals surface area contributed by atoms with Crippen molar-refractivity contribution in [3.63, 3.8) is 0 Å². The largest absolute Gasteiger partial charge is 0.304 e. The van der Waals surface area contributed by atoms with Crippen LogP contribution in [-0.2, 0) is 16.2 Å². The standard InChI is InChI=1S/C22H27N3O/c1-20(2,3)15-9-8-13-14(23-15)10-11-25-17-16(19(26)24-18(13)25)21(4,5)12-22(17,6)7/h8-11H,12H2,1-7H3. The van der Waals surface area contributed by atoms with Gasteiger partial charge >= 0.3 is 0 Å². The number of aromatic nitrogens is 3. The first-order valence-corrected chi connectivity index (χ1v) is 9.29. The Bertz CT molecular complexity index is 1110. The molecule has 3 aromatic rings. The van der Waals surface area contributed by atoms with E-state index >= 15 is 0 Å². The Balaban J connectivity index is 2.13. The van der Waals surface area contributed by atoms with Gasteiger partial charge in [-0.3, -0.25) is 9.78 Å². The summed E-state index contributed by atoms with van der Waals surface area (Å²) in [6, 6.07) is 6.16. The molecule has 0 fully saturated rings. The molecule has 0 atom stereocenters. The van der Waals surface area contributed by atoms with Crippen molar-refractivity contribution in [2.45, 2.75) is 71.1 Å². The first-order chi connectivity index (χ1) is 11.9. The molecule has 0 spiro atoms. The summed E-state index contributed by atoms with van der Waals surface area (Å²) >= 11 is 0. The molecule has 4 heteroatoms. The molecule has 4 rings (SSSR count). The highest BCUT2D eigenvalue weighted by molar-refractivity contribution is 5.91. The lowest BCUT2D eigenvalue weighted by atomic mass is 9.82. The summed E-state index contributed by atoms with van der Waals surface area (Å²) in [5.74, 6) is 0. The zero-order valence-electron chi connectivity index (χ0n) is 16.8. The van der Waals surface area contributed by atoms with Gasteiger partial charge in [0.15, 0.2) is 5.65 Å².